The van der Waals surface area contributed by atoms with Gasteiger partial charge in [-0.15, -0.1) is 0 Å². The maximum absolute atomic E-state index is 12.3. The van der Waals surface area contributed by atoms with Gasteiger partial charge in [0.2, 0.25) is 5.91 Å². The molecule has 0 spiro atoms. The molecular formula is C16H15ClNO4-. The summed E-state index contributed by atoms with van der Waals surface area (Å²) in [6.45, 7) is 1.43. The molecule has 0 fully saturated rings. The maximum atomic E-state index is 12.3. The summed E-state index contributed by atoms with van der Waals surface area (Å²) >= 11 is 5.92. The van der Waals surface area contributed by atoms with Crippen LogP contribution < -0.4 is 10.4 Å². The summed E-state index contributed by atoms with van der Waals surface area (Å²) in [5.74, 6) is -3.52. The number of hydrogen-bond donors (Lipinski definition) is 1. The van der Waals surface area contributed by atoms with Crippen molar-refractivity contribution in [1.82, 2.24) is 0 Å². The average molecular weight is 321 g/mol. The molecule has 0 bridgehead atoms. The summed E-state index contributed by atoms with van der Waals surface area (Å²) in [6.07, 6.45) is 1.94. The van der Waals surface area contributed by atoms with Crippen LogP contribution in [0, 0.1) is 11.8 Å². The molecule has 1 amide bonds. The zero-order valence-electron chi connectivity index (χ0n) is 12.0. The molecule has 116 valence electrons. The monoisotopic (exact) mass is 320 g/mol. The minimum absolute atomic E-state index is 0.118. The quantitative estimate of drug-likeness (QED) is 0.856. The Labute approximate surface area is 133 Å². The maximum Gasteiger partial charge on any atom is 0.228 e. The minimum atomic E-state index is -1.27. The lowest BCUT2D eigenvalue weighted by molar-refractivity contribution is -0.313. The van der Waals surface area contributed by atoms with E-state index in [4.69, 9.17) is 11.6 Å². The molecule has 0 saturated carbocycles. The van der Waals surface area contributed by atoms with Crippen LogP contribution in [-0.4, -0.2) is 17.7 Å². The van der Waals surface area contributed by atoms with Crippen molar-refractivity contribution in [1.29, 1.82) is 0 Å². The average Bonchev–Trinajstić information content (AvgIpc) is 2.47. The lowest BCUT2D eigenvalue weighted by Gasteiger charge is -2.29. The SMILES string of the molecule is CC(=O)c1cccc(NC(=O)[C@@H]2CC(Cl)=CC[C@H]2C(=O)[O-])c1. The van der Waals surface area contributed by atoms with Gasteiger partial charge in [0.05, 0.1) is 5.92 Å². The summed E-state index contributed by atoms with van der Waals surface area (Å²) < 4.78 is 0. The van der Waals surface area contributed by atoms with Crippen LogP contribution in [0.5, 0.6) is 0 Å². The van der Waals surface area contributed by atoms with E-state index < -0.39 is 23.7 Å². The molecule has 0 radical (unpaired) electrons. The van der Waals surface area contributed by atoms with Crippen LogP contribution in [0.2, 0.25) is 0 Å². The number of ketones is 1. The van der Waals surface area contributed by atoms with E-state index in [1.165, 1.54) is 6.92 Å². The number of carboxylic acids is 1. The van der Waals surface area contributed by atoms with Crippen molar-refractivity contribution in [2.75, 3.05) is 5.32 Å². The Morgan fingerprint density at radius 1 is 1.27 bits per heavy atom. The van der Waals surface area contributed by atoms with Crippen LogP contribution in [0.1, 0.15) is 30.1 Å². The van der Waals surface area contributed by atoms with Gasteiger partial charge in [0, 0.05) is 28.2 Å². The molecule has 0 aliphatic heterocycles. The number of carboxylic acid groups (broad SMARTS) is 1. The second-order valence-corrected chi connectivity index (χ2v) is 5.73. The Morgan fingerprint density at radius 2 is 2.00 bits per heavy atom. The van der Waals surface area contributed by atoms with E-state index in [1.807, 2.05) is 0 Å². The highest BCUT2D eigenvalue weighted by Gasteiger charge is 2.32. The molecule has 0 aromatic heterocycles. The van der Waals surface area contributed by atoms with Gasteiger partial charge >= 0.3 is 0 Å². The lowest BCUT2D eigenvalue weighted by Crippen LogP contribution is -2.42. The number of rotatable bonds is 4. The molecule has 1 aliphatic rings. The smallest absolute Gasteiger partial charge is 0.228 e. The number of carbonyl (C=O) groups is 3. The third kappa shape index (κ3) is 3.74. The van der Waals surface area contributed by atoms with Crippen molar-refractivity contribution >= 4 is 34.9 Å². The lowest BCUT2D eigenvalue weighted by atomic mass is 9.82. The largest absolute Gasteiger partial charge is 0.550 e. The molecule has 1 aliphatic carbocycles. The van der Waals surface area contributed by atoms with Crippen molar-refractivity contribution in [3.05, 3.63) is 40.9 Å². The fourth-order valence-electron chi connectivity index (χ4n) is 2.44. The minimum Gasteiger partial charge on any atom is -0.550 e. The Bertz CT molecular complexity index is 653. The number of carbonyl (C=O) groups excluding carboxylic acids is 3. The summed E-state index contributed by atoms with van der Waals surface area (Å²) in [7, 11) is 0. The normalized spacial score (nSPS) is 20.9. The summed E-state index contributed by atoms with van der Waals surface area (Å²) in [5, 5.41) is 14.3. The fraction of sp³-hybridized carbons (Fsp3) is 0.312. The van der Waals surface area contributed by atoms with Gasteiger partial charge in [-0.1, -0.05) is 29.8 Å². The molecule has 2 atom stereocenters. The first-order valence-electron chi connectivity index (χ1n) is 6.85. The van der Waals surface area contributed by atoms with E-state index in [9.17, 15) is 19.5 Å². The summed E-state index contributed by atoms with van der Waals surface area (Å²) in [4.78, 5) is 34.8. The van der Waals surface area contributed by atoms with E-state index in [0.29, 0.717) is 16.3 Å². The Hall–Kier alpha value is -2.14. The van der Waals surface area contributed by atoms with Crippen LogP contribution in [-0.2, 0) is 9.59 Å². The number of anilines is 1. The van der Waals surface area contributed by atoms with Crippen molar-refractivity contribution in [2.24, 2.45) is 11.8 Å². The van der Waals surface area contributed by atoms with Gasteiger partial charge in [-0.2, -0.15) is 0 Å². The molecule has 6 heteroatoms. The van der Waals surface area contributed by atoms with Gasteiger partial charge in [-0.05, 0) is 31.9 Å². The first kappa shape index (κ1) is 16.2. The fourth-order valence-corrected chi connectivity index (χ4v) is 2.70. The Morgan fingerprint density at radius 3 is 2.64 bits per heavy atom. The number of benzene rings is 1. The van der Waals surface area contributed by atoms with Crippen molar-refractivity contribution in [2.45, 2.75) is 19.8 Å². The van der Waals surface area contributed by atoms with E-state index in [0.717, 1.165) is 0 Å². The molecule has 1 N–H and O–H groups in total. The van der Waals surface area contributed by atoms with Crippen molar-refractivity contribution in [3.8, 4) is 0 Å². The van der Waals surface area contributed by atoms with E-state index in [2.05, 4.69) is 5.32 Å². The summed E-state index contributed by atoms with van der Waals surface area (Å²) in [6, 6.07) is 6.48. The number of hydrogen-bond acceptors (Lipinski definition) is 4. The molecule has 0 heterocycles. The van der Waals surface area contributed by atoms with Gasteiger partial charge in [0.1, 0.15) is 0 Å². The Kier molecular flexibility index (Phi) is 4.98. The number of Topliss-reactive ketones (excluding diaryl/α,β-unsaturated/α-hetero) is 1. The van der Waals surface area contributed by atoms with E-state index in [1.54, 1.807) is 30.3 Å². The van der Waals surface area contributed by atoms with Crippen LogP contribution in [0.15, 0.2) is 35.4 Å². The third-order valence-electron chi connectivity index (χ3n) is 3.67. The molecule has 5 nitrogen and oxygen atoms in total. The van der Waals surface area contributed by atoms with E-state index in [-0.39, 0.29) is 18.6 Å². The molecule has 22 heavy (non-hydrogen) atoms. The zero-order valence-corrected chi connectivity index (χ0v) is 12.7. The van der Waals surface area contributed by atoms with Gasteiger partial charge < -0.3 is 15.2 Å². The highest BCUT2D eigenvalue weighted by atomic mass is 35.5. The first-order chi connectivity index (χ1) is 10.4. The number of allylic oxidation sites excluding steroid dienone is 2. The topological polar surface area (TPSA) is 86.3 Å². The van der Waals surface area contributed by atoms with Crippen molar-refractivity contribution in [3.63, 3.8) is 0 Å². The van der Waals surface area contributed by atoms with Crippen LogP contribution >= 0.6 is 11.6 Å². The predicted octanol–water partition coefficient (Wildman–Crippen LogP) is 1.73. The predicted molar refractivity (Wildman–Crippen MR) is 80.2 cm³/mol. The van der Waals surface area contributed by atoms with Gasteiger partial charge in [0.25, 0.3) is 0 Å². The number of amides is 1. The van der Waals surface area contributed by atoms with Crippen LogP contribution in [0.25, 0.3) is 0 Å². The highest BCUT2D eigenvalue weighted by molar-refractivity contribution is 6.29. The zero-order chi connectivity index (χ0) is 16.3. The van der Waals surface area contributed by atoms with E-state index >= 15 is 0 Å². The number of aliphatic carboxylic acids is 1. The molecule has 1 aromatic carbocycles. The molecule has 1 aromatic rings. The third-order valence-corrected chi connectivity index (χ3v) is 3.98. The van der Waals surface area contributed by atoms with Gasteiger partial charge in [0.15, 0.2) is 5.78 Å². The highest BCUT2D eigenvalue weighted by Crippen LogP contribution is 2.32. The van der Waals surface area contributed by atoms with Crippen LogP contribution in [0.3, 0.4) is 0 Å². The number of nitrogens with one attached hydrogen (secondary N) is 1. The molecule has 0 saturated heterocycles. The summed E-state index contributed by atoms with van der Waals surface area (Å²) in [5.41, 5.74) is 0.913. The molecular weight excluding hydrogens is 306 g/mol. The molecule has 0 unspecified atom stereocenters. The molecule has 2 rings (SSSR count). The Balaban J connectivity index is 2.17. The second-order valence-electron chi connectivity index (χ2n) is 5.25. The van der Waals surface area contributed by atoms with Gasteiger partial charge in [-0.25, -0.2) is 0 Å². The number of halogens is 1. The second kappa shape index (κ2) is 6.75. The first-order valence-corrected chi connectivity index (χ1v) is 7.23. The van der Waals surface area contributed by atoms with Crippen LogP contribution in [0.4, 0.5) is 5.69 Å². The standard InChI is InChI=1S/C16H16ClNO4/c1-9(19)10-3-2-4-12(7-10)18-15(20)14-8-11(17)5-6-13(14)16(21)22/h2-5,7,13-14H,6,8H2,1H3,(H,18,20)(H,21,22)/p-1/t13-,14-/m1/s1. The van der Waals surface area contributed by atoms with Gasteiger partial charge in [-0.3, -0.25) is 9.59 Å². The van der Waals surface area contributed by atoms with Crippen molar-refractivity contribution < 1.29 is 19.5 Å².